The van der Waals surface area contributed by atoms with Gasteiger partial charge in [0.25, 0.3) is 5.91 Å². The summed E-state index contributed by atoms with van der Waals surface area (Å²) in [6.07, 6.45) is 0.0786. The van der Waals surface area contributed by atoms with E-state index in [9.17, 15) is 4.79 Å². The molecular weight excluding hydrogens is 282 g/mol. The summed E-state index contributed by atoms with van der Waals surface area (Å²) < 4.78 is 11.1. The molecule has 1 aromatic carbocycles. The number of hydrogen-bond acceptors (Lipinski definition) is 5. The lowest BCUT2D eigenvalue weighted by molar-refractivity contribution is -0.0368. The zero-order chi connectivity index (χ0) is 15.5. The third-order valence-electron chi connectivity index (χ3n) is 4.28. The Bertz CT molecular complexity index is 599. The van der Waals surface area contributed by atoms with Gasteiger partial charge >= 0.3 is 0 Å². The van der Waals surface area contributed by atoms with Crippen LogP contribution in [0.5, 0.6) is 5.75 Å². The average Bonchev–Trinajstić information content (AvgIpc) is 2.98. The first-order valence-electron chi connectivity index (χ1n) is 7.40. The van der Waals surface area contributed by atoms with E-state index in [4.69, 9.17) is 14.7 Å². The van der Waals surface area contributed by atoms with Gasteiger partial charge in [-0.3, -0.25) is 9.69 Å². The third-order valence-corrected chi connectivity index (χ3v) is 4.28. The summed E-state index contributed by atoms with van der Waals surface area (Å²) in [7, 11) is 2.07. The molecule has 2 heterocycles. The van der Waals surface area contributed by atoms with Crippen LogP contribution >= 0.6 is 0 Å². The second-order valence-corrected chi connectivity index (χ2v) is 5.61. The lowest BCUT2D eigenvalue weighted by Gasteiger charge is -2.33. The van der Waals surface area contributed by atoms with Gasteiger partial charge in [0.05, 0.1) is 24.3 Å². The minimum Gasteiger partial charge on any atom is -0.478 e. The minimum absolute atomic E-state index is 0.0681. The molecule has 0 N–H and O–H groups in total. The topological polar surface area (TPSA) is 65.8 Å². The van der Waals surface area contributed by atoms with Crippen molar-refractivity contribution in [2.24, 2.45) is 0 Å². The van der Waals surface area contributed by atoms with Crippen molar-refractivity contribution in [2.75, 3.05) is 39.9 Å². The van der Waals surface area contributed by atoms with Crippen LogP contribution in [-0.2, 0) is 4.74 Å². The van der Waals surface area contributed by atoms with Gasteiger partial charge in [-0.05, 0) is 19.2 Å². The zero-order valence-corrected chi connectivity index (χ0v) is 12.6. The number of ether oxygens (including phenoxy) is 2. The van der Waals surface area contributed by atoms with Crippen molar-refractivity contribution in [3.8, 4) is 11.8 Å². The van der Waals surface area contributed by atoms with Gasteiger partial charge in [-0.2, -0.15) is 5.26 Å². The molecule has 0 unspecified atom stereocenters. The maximum atomic E-state index is 12.8. The van der Waals surface area contributed by atoms with Gasteiger partial charge in [-0.1, -0.05) is 12.1 Å². The molecule has 2 saturated heterocycles. The molecule has 2 aliphatic rings. The maximum Gasteiger partial charge on any atom is 0.257 e. The molecule has 6 nitrogen and oxygen atoms in total. The van der Waals surface area contributed by atoms with E-state index in [0.29, 0.717) is 31.0 Å². The molecule has 2 aliphatic heterocycles. The number of benzene rings is 1. The first-order valence-corrected chi connectivity index (χ1v) is 7.40. The minimum atomic E-state index is -0.0695. The quantitative estimate of drug-likeness (QED) is 0.824. The van der Waals surface area contributed by atoms with Gasteiger partial charge in [0, 0.05) is 19.6 Å². The normalized spacial score (nSPS) is 24.6. The molecule has 0 bridgehead atoms. The van der Waals surface area contributed by atoms with E-state index in [1.807, 2.05) is 11.0 Å². The SMILES string of the molecule is CN1CCO[C@@H]2CN(C(=O)c3ccccc3OCC#N)C[C@@H]21. The Hall–Kier alpha value is -2.10. The number of hydrogen-bond donors (Lipinski definition) is 0. The highest BCUT2D eigenvalue weighted by Gasteiger charge is 2.40. The van der Waals surface area contributed by atoms with Gasteiger partial charge in [0.1, 0.15) is 11.8 Å². The van der Waals surface area contributed by atoms with Crippen LogP contribution in [0.1, 0.15) is 10.4 Å². The Morgan fingerprint density at radius 1 is 1.45 bits per heavy atom. The number of amides is 1. The fourth-order valence-electron chi connectivity index (χ4n) is 3.07. The molecule has 0 aliphatic carbocycles. The summed E-state index contributed by atoms with van der Waals surface area (Å²) in [6.45, 7) is 2.79. The summed E-state index contributed by atoms with van der Waals surface area (Å²) >= 11 is 0. The Balaban J connectivity index is 1.76. The van der Waals surface area contributed by atoms with Crippen molar-refractivity contribution >= 4 is 5.91 Å². The van der Waals surface area contributed by atoms with Crippen LogP contribution in [0.25, 0.3) is 0 Å². The molecule has 0 aromatic heterocycles. The number of para-hydroxylation sites is 1. The predicted molar refractivity (Wildman–Crippen MR) is 79.6 cm³/mol. The van der Waals surface area contributed by atoms with Crippen molar-refractivity contribution in [1.29, 1.82) is 5.26 Å². The van der Waals surface area contributed by atoms with Gasteiger partial charge < -0.3 is 14.4 Å². The molecule has 3 rings (SSSR count). The largest absolute Gasteiger partial charge is 0.478 e. The van der Waals surface area contributed by atoms with Gasteiger partial charge in [0.2, 0.25) is 0 Å². The van der Waals surface area contributed by atoms with E-state index >= 15 is 0 Å². The monoisotopic (exact) mass is 301 g/mol. The second kappa shape index (κ2) is 6.34. The number of likely N-dealkylation sites (tertiary alicyclic amines) is 1. The fraction of sp³-hybridized carbons (Fsp3) is 0.500. The standard InChI is InChI=1S/C16H19N3O3/c1-18-7-9-22-15-11-19(10-13(15)18)16(20)12-4-2-3-5-14(12)21-8-6-17/h2-5,13,15H,7-11H2,1H3/t13-,15+/m0/s1. The molecule has 0 saturated carbocycles. The number of carbonyl (C=O) groups is 1. The summed E-state index contributed by atoms with van der Waals surface area (Å²) in [5, 5.41) is 8.65. The van der Waals surface area contributed by atoms with Crippen LogP contribution in [-0.4, -0.2) is 67.7 Å². The number of rotatable bonds is 3. The summed E-state index contributed by atoms with van der Waals surface area (Å²) in [6, 6.07) is 9.23. The highest BCUT2D eigenvalue weighted by atomic mass is 16.5. The highest BCUT2D eigenvalue weighted by molar-refractivity contribution is 5.97. The molecule has 2 atom stereocenters. The summed E-state index contributed by atoms with van der Waals surface area (Å²) in [4.78, 5) is 16.8. The number of likely N-dealkylation sites (N-methyl/N-ethyl adjacent to an activating group) is 1. The molecule has 116 valence electrons. The molecule has 6 heteroatoms. The number of fused-ring (bicyclic) bond motifs is 1. The van der Waals surface area contributed by atoms with Gasteiger partial charge in [-0.15, -0.1) is 0 Å². The summed E-state index contributed by atoms with van der Waals surface area (Å²) in [5.41, 5.74) is 0.499. The van der Waals surface area contributed by atoms with Crippen LogP contribution in [0.3, 0.4) is 0 Å². The maximum absolute atomic E-state index is 12.8. The molecule has 1 amide bonds. The van der Waals surface area contributed by atoms with Crippen LogP contribution in [0.15, 0.2) is 24.3 Å². The summed E-state index contributed by atoms with van der Waals surface area (Å²) in [5.74, 6) is 0.387. The van der Waals surface area contributed by atoms with Crippen molar-refractivity contribution < 1.29 is 14.3 Å². The Morgan fingerprint density at radius 2 is 2.27 bits per heavy atom. The third kappa shape index (κ3) is 2.78. The number of nitrogens with zero attached hydrogens (tertiary/aromatic N) is 3. The molecule has 1 aromatic rings. The lowest BCUT2D eigenvalue weighted by Crippen LogP contribution is -2.48. The van der Waals surface area contributed by atoms with Crippen molar-refractivity contribution in [2.45, 2.75) is 12.1 Å². The van der Waals surface area contributed by atoms with Crippen LogP contribution in [0.4, 0.5) is 0 Å². The van der Waals surface area contributed by atoms with E-state index in [1.165, 1.54) is 0 Å². The Kier molecular flexibility index (Phi) is 4.27. The van der Waals surface area contributed by atoms with Gasteiger partial charge in [-0.25, -0.2) is 0 Å². The highest BCUT2D eigenvalue weighted by Crippen LogP contribution is 2.26. The first kappa shape index (κ1) is 14.8. The smallest absolute Gasteiger partial charge is 0.257 e. The zero-order valence-electron chi connectivity index (χ0n) is 12.6. The lowest BCUT2D eigenvalue weighted by atomic mass is 10.1. The van der Waals surface area contributed by atoms with E-state index in [2.05, 4.69) is 11.9 Å². The molecule has 2 fully saturated rings. The van der Waals surface area contributed by atoms with E-state index in [1.54, 1.807) is 24.3 Å². The van der Waals surface area contributed by atoms with Crippen molar-refractivity contribution in [3.63, 3.8) is 0 Å². The Labute approximate surface area is 129 Å². The van der Waals surface area contributed by atoms with E-state index in [-0.39, 0.29) is 24.7 Å². The van der Waals surface area contributed by atoms with Gasteiger partial charge in [0.15, 0.2) is 6.61 Å². The fourth-order valence-corrected chi connectivity index (χ4v) is 3.07. The van der Waals surface area contributed by atoms with E-state index < -0.39 is 0 Å². The number of morpholine rings is 1. The molecule has 22 heavy (non-hydrogen) atoms. The predicted octanol–water partition coefficient (Wildman–Crippen LogP) is 0.744. The molecule has 0 spiro atoms. The molecule has 0 radical (unpaired) electrons. The average molecular weight is 301 g/mol. The van der Waals surface area contributed by atoms with Crippen molar-refractivity contribution in [1.82, 2.24) is 9.80 Å². The molecular formula is C16H19N3O3. The van der Waals surface area contributed by atoms with E-state index in [0.717, 1.165) is 6.54 Å². The number of carbonyl (C=O) groups excluding carboxylic acids is 1. The number of nitriles is 1. The first-order chi connectivity index (χ1) is 10.7. The van der Waals surface area contributed by atoms with Crippen molar-refractivity contribution in [3.05, 3.63) is 29.8 Å². The van der Waals surface area contributed by atoms with Crippen LogP contribution < -0.4 is 4.74 Å². The second-order valence-electron chi connectivity index (χ2n) is 5.61. The Morgan fingerprint density at radius 3 is 3.05 bits per heavy atom. The van der Waals surface area contributed by atoms with Crippen LogP contribution in [0.2, 0.25) is 0 Å². The van der Waals surface area contributed by atoms with Crippen LogP contribution in [0, 0.1) is 11.3 Å².